The molecule has 0 radical (unpaired) electrons. The van der Waals surface area contributed by atoms with Crippen LogP contribution in [0.3, 0.4) is 0 Å². The molecule has 1 N–H and O–H groups in total. The van der Waals surface area contributed by atoms with Crippen LogP contribution in [0.5, 0.6) is 0 Å². The van der Waals surface area contributed by atoms with Gasteiger partial charge >= 0.3 is 0 Å². The highest BCUT2D eigenvalue weighted by Gasteiger charge is 2.26. The quantitative estimate of drug-likeness (QED) is 0.452. The summed E-state index contributed by atoms with van der Waals surface area (Å²) >= 11 is 0. The molecule has 1 aromatic heterocycles. The zero-order valence-electron chi connectivity index (χ0n) is 19.8. The molecule has 0 fully saturated rings. The zero-order chi connectivity index (χ0) is 22.0. The summed E-state index contributed by atoms with van der Waals surface area (Å²) in [6, 6.07) is 16.2. The number of benzene rings is 2. The topological polar surface area (TPSA) is 24.9 Å². The second-order valence-corrected chi connectivity index (χ2v) is 8.95. The van der Waals surface area contributed by atoms with E-state index in [1.165, 1.54) is 68.9 Å². The third kappa shape index (κ3) is 4.26. The van der Waals surface area contributed by atoms with E-state index in [1.54, 1.807) is 0 Å². The van der Waals surface area contributed by atoms with E-state index >= 15 is 0 Å². The summed E-state index contributed by atoms with van der Waals surface area (Å²) in [5.74, 6) is 0. The SMILES string of the molecule is CCc1cccc(CC)c1-c1cc(CC)c2c(n1)CCCC2Nc1cc(C)ccc1C. The van der Waals surface area contributed by atoms with Crippen LogP contribution in [-0.4, -0.2) is 4.98 Å². The number of aryl methyl sites for hydroxylation is 6. The minimum atomic E-state index is 0.341. The average Bonchev–Trinajstić information content (AvgIpc) is 2.80. The third-order valence-electron chi connectivity index (χ3n) is 6.84. The predicted octanol–water partition coefficient (Wildman–Crippen LogP) is 7.54. The minimum absolute atomic E-state index is 0.341. The van der Waals surface area contributed by atoms with Gasteiger partial charge in [-0.25, -0.2) is 0 Å². The molecule has 1 aliphatic rings. The lowest BCUT2D eigenvalue weighted by atomic mass is 9.85. The number of rotatable bonds is 6. The Labute approximate surface area is 188 Å². The fourth-order valence-corrected chi connectivity index (χ4v) is 5.12. The molecule has 4 rings (SSSR count). The van der Waals surface area contributed by atoms with Gasteiger partial charge in [0.1, 0.15) is 0 Å². The van der Waals surface area contributed by atoms with Gasteiger partial charge in [-0.05, 0) is 97.9 Å². The van der Waals surface area contributed by atoms with Crippen LogP contribution in [0.2, 0.25) is 0 Å². The minimum Gasteiger partial charge on any atom is -0.378 e. The van der Waals surface area contributed by atoms with Crippen LogP contribution in [0.1, 0.15) is 78.7 Å². The van der Waals surface area contributed by atoms with Crippen molar-refractivity contribution in [3.63, 3.8) is 0 Å². The van der Waals surface area contributed by atoms with E-state index in [0.717, 1.165) is 25.7 Å². The van der Waals surface area contributed by atoms with Crippen molar-refractivity contribution in [2.45, 2.75) is 79.2 Å². The number of nitrogens with one attached hydrogen (secondary N) is 1. The Balaban J connectivity index is 1.80. The van der Waals surface area contributed by atoms with Gasteiger partial charge in [-0.15, -0.1) is 0 Å². The number of nitrogens with zero attached hydrogens (tertiary/aromatic N) is 1. The van der Waals surface area contributed by atoms with E-state index in [0.29, 0.717) is 6.04 Å². The molecule has 1 atom stereocenters. The van der Waals surface area contributed by atoms with Gasteiger partial charge in [0.25, 0.3) is 0 Å². The van der Waals surface area contributed by atoms with Crippen molar-refractivity contribution in [2.24, 2.45) is 0 Å². The zero-order valence-corrected chi connectivity index (χ0v) is 19.8. The second-order valence-electron chi connectivity index (χ2n) is 8.95. The molecule has 31 heavy (non-hydrogen) atoms. The van der Waals surface area contributed by atoms with Crippen LogP contribution in [0, 0.1) is 13.8 Å². The molecule has 1 heterocycles. The highest BCUT2D eigenvalue weighted by molar-refractivity contribution is 5.70. The van der Waals surface area contributed by atoms with Gasteiger partial charge < -0.3 is 5.32 Å². The molecule has 0 aliphatic heterocycles. The highest BCUT2D eigenvalue weighted by atomic mass is 14.9. The molecule has 0 bridgehead atoms. The van der Waals surface area contributed by atoms with Crippen LogP contribution in [-0.2, 0) is 25.7 Å². The van der Waals surface area contributed by atoms with Gasteiger partial charge in [-0.3, -0.25) is 4.98 Å². The molecule has 0 saturated carbocycles. The van der Waals surface area contributed by atoms with Gasteiger partial charge in [0.2, 0.25) is 0 Å². The van der Waals surface area contributed by atoms with Gasteiger partial charge in [0.15, 0.2) is 0 Å². The second kappa shape index (κ2) is 9.26. The number of aromatic nitrogens is 1. The maximum Gasteiger partial charge on any atom is 0.0713 e. The number of anilines is 1. The smallest absolute Gasteiger partial charge is 0.0713 e. The fourth-order valence-electron chi connectivity index (χ4n) is 5.12. The average molecular weight is 413 g/mol. The molecule has 1 aliphatic carbocycles. The fraction of sp³-hybridized carbons (Fsp3) is 0.414. The molecule has 2 nitrogen and oxygen atoms in total. The first-order valence-electron chi connectivity index (χ1n) is 12.0. The molecule has 3 aromatic rings. The van der Waals surface area contributed by atoms with E-state index in [-0.39, 0.29) is 0 Å². The summed E-state index contributed by atoms with van der Waals surface area (Å²) in [5.41, 5.74) is 13.4. The van der Waals surface area contributed by atoms with E-state index in [2.05, 4.69) is 82.4 Å². The van der Waals surface area contributed by atoms with Crippen LogP contribution in [0.4, 0.5) is 5.69 Å². The van der Waals surface area contributed by atoms with Crippen LogP contribution >= 0.6 is 0 Å². The Bertz CT molecular complexity index is 1040. The first-order chi connectivity index (χ1) is 15.0. The Morgan fingerprint density at radius 3 is 2.29 bits per heavy atom. The van der Waals surface area contributed by atoms with Gasteiger partial charge in [0.05, 0.1) is 11.7 Å². The van der Waals surface area contributed by atoms with Gasteiger partial charge in [0, 0.05) is 16.9 Å². The molecule has 0 amide bonds. The summed E-state index contributed by atoms with van der Waals surface area (Å²) in [7, 11) is 0. The standard InChI is InChI=1S/C29H36N2/c1-6-21-11-9-12-22(7-2)28(21)27-18-23(8-3)29-24(13-10-14-25(29)31-27)30-26-17-19(4)15-16-20(26)5/h9,11-12,15-18,24,30H,6-8,10,13-14H2,1-5H3. The summed E-state index contributed by atoms with van der Waals surface area (Å²) in [6.45, 7) is 11.2. The van der Waals surface area contributed by atoms with E-state index < -0.39 is 0 Å². The monoisotopic (exact) mass is 412 g/mol. The lowest BCUT2D eigenvalue weighted by Crippen LogP contribution is -2.21. The van der Waals surface area contributed by atoms with Gasteiger partial charge in [-0.2, -0.15) is 0 Å². The number of fused-ring (bicyclic) bond motifs is 1. The predicted molar refractivity (Wildman–Crippen MR) is 133 cm³/mol. The van der Waals surface area contributed by atoms with E-state index in [1.807, 2.05) is 0 Å². The van der Waals surface area contributed by atoms with Crippen molar-refractivity contribution >= 4 is 5.69 Å². The molecular weight excluding hydrogens is 376 g/mol. The summed E-state index contributed by atoms with van der Waals surface area (Å²) < 4.78 is 0. The molecule has 2 aromatic carbocycles. The molecule has 0 saturated heterocycles. The molecule has 2 heteroatoms. The van der Waals surface area contributed by atoms with Crippen molar-refractivity contribution in [2.75, 3.05) is 5.32 Å². The van der Waals surface area contributed by atoms with Crippen molar-refractivity contribution in [3.05, 3.63) is 81.5 Å². The van der Waals surface area contributed by atoms with Crippen molar-refractivity contribution in [1.29, 1.82) is 0 Å². The summed E-state index contributed by atoms with van der Waals surface area (Å²) in [5, 5.41) is 3.89. The molecule has 1 unspecified atom stereocenters. The van der Waals surface area contributed by atoms with Crippen molar-refractivity contribution < 1.29 is 0 Å². The summed E-state index contributed by atoms with van der Waals surface area (Å²) in [6.07, 6.45) is 6.56. The largest absolute Gasteiger partial charge is 0.378 e. The first kappa shape index (κ1) is 21.6. The van der Waals surface area contributed by atoms with E-state index in [9.17, 15) is 0 Å². The third-order valence-corrected chi connectivity index (χ3v) is 6.84. The Morgan fingerprint density at radius 1 is 0.903 bits per heavy atom. The van der Waals surface area contributed by atoms with Crippen molar-refractivity contribution in [3.8, 4) is 11.3 Å². The number of hydrogen-bond donors (Lipinski definition) is 1. The first-order valence-corrected chi connectivity index (χ1v) is 12.0. The van der Waals surface area contributed by atoms with Crippen LogP contribution in [0.15, 0.2) is 42.5 Å². The van der Waals surface area contributed by atoms with E-state index in [4.69, 9.17) is 4.98 Å². The maximum atomic E-state index is 5.30. The highest BCUT2D eigenvalue weighted by Crippen LogP contribution is 2.38. The van der Waals surface area contributed by atoms with Crippen LogP contribution in [0.25, 0.3) is 11.3 Å². The maximum absolute atomic E-state index is 5.30. The van der Waals surface area contributed by atoms with Crippen LogP contribution < -0.4 is 5.32 Å². The normalized spacial score (nSPS) is 15.6. The number of pyridine rings is 1. The Kier molecular flexibility index (Phi) is 6.46. The Hall–Kier alpha value is -2.61. The lowest BCUT2D eigenvalue weighted by Gasteiger charge is -2.30. The summed E-state index contributed by atoms with van der Waals surface area (Å²) in [4.78, 5) is 5.30. The molecular formula is C29H36N2. The number of hydrogen-bond acceptors (Lipinski definition) is 2. The lowest BCUT2D eigenvalue weighted by molar-refractivity contribution is 0.583. The molecule has 162 valence electrons. The molecule has 0 spiro atoms. The van der Waals surface area contributed by atoms with Gasteiger partial charge in [-0.1, -0.05) is 51.1 Å². The van der Waals surface area contributed by atoms with Crippen molar-refractivity contribution in [1.82, 2.24) is 4.98 Å². The Morgan fingerprint density at radius 2 is 1.61 bits per heavy atom.